The lowest BCUT2D eigenvalue weighted by Gasteiger charge is -2.20. The zero-order valence-corrected chi connectivity index (χ0v) is 49.4. The van der Waals surface area contributed by atoms with Gasteiger partial charge in [0.25, 0.3) is 0 Å². The summed E-state index contributed by atoms with van der Waals surface area (Å²) >= 11 is 0. The van der Waals surface area contributed by atoms with E-state index in [9.17, 15) is 19.8 Å². The SMILES string of the molecule is CCCCCCC/C=C\CCCCCCCC(=O)OCCCCCCCCCCCCCCCCCCCCCCCC(=O)NC(CO)C(O)/C=C/CCCCCCCCCCCCCCCCCCCCC. The van der Waals surface area contributed by atoms with Crippen LogP contribution in [0.1, 0.15) is 367 Å². The van der Waals surface area contributed by atoms with Crippen molar-refractivity contribution in [3.63, 3.8) is 0 Å². The van der Waals surface area contributed by atoms with Gasteiger partial charge in [-0.15, -0.1) is 0 Å². The predicted molar refractivity (Wildman–Crippen MR) is 320 cm³/mol. The van der Waals surface area contributed by atoms with E-state index in [0.29, 0.717) is 19.4 Å². The van der Waals surface area contributed by atoms with Crippen LogP contribution < -0.4 is 5.32 Å². The fourth-order valence-corrected chi connectivity index (χ4v) is 10.4. The number of carbonyl (C=O) groups excluding carboxylic acids is 2. The standard InChI is InChI=1S/C67H129NO5/c1-3-5-7-9-11-13-15-17-19-20-21-23-26-29-32-35-39-43-47-51-55-59-65(70)64(63-69)68-66(71)60-56-52-48-44-40-36-33-30-27-24-22-25-28-31-34-38-42-46-50-54-58-62-73-67(72)61-57-53-49-45-41-37-18-16-14-12-10-8-6-4-2/h16,18,55,59,64-65,69-70H,3-15,17,19-54,56-58,60-63H2,1-2H3,(H,68,71)/b18-16-,59-55+. The first-order valence-electron chi connectivity index (χ1n) is 33.1. The number of hydrogen-bond acceptors (Lipinski definition) is 5. The van der Waals surface area contributed by atoms with Gasteiger partial charge in [0.2, 0.25) is 5.91 Å². The third kappa shape index (κ3) is 59.4. The molecule has 0 aromatic heterocycles. The van der Waals surface area contributed by atoms with E-state index in [1.54, 1.807) is 6.08 Å². The van der Waals surface area contributed by atoms with Crippen LogP contribution in [0.4, 0.5) is 0 Å². The van der Waals surface area contributed by atoms with Gasteiger partial charge in [-0.25, -0.2) is 0 Å². The molecule has 0 aliphatic rings. The van der Waals surface area contributed by atoms with Gasteiger partial charge in [0, 0.05) is 12.8 Å². The van der Waals surface area contributed by atoms with Gasteiger partial charge >= 0.3 is 5.97 Å². The lowest BCUT2D eigenvalue weighted by atomic mass is 10.0. The minimum Gasteiger partial charge on any atom is -0.466 e. The van der Waals surface area contributed by atoms with E-state index >= 15 is 0 Å². The van der Waals surface area contributed by atoms with E-state index in [1.807, 2.05) is 6.08 Å². The van der Waals surface area contributed by atoms with E-state index < -0.39 is 12.1 Å². The fourth-order valence-electron chi connectivity index (χ4n) is 10.4. The van der Waals surface area contributed by atoms with E-state index in [4.69, 9.17) is 4.74 Å². The minimum absolute atomic E-state index is 0.00350. The molecule has 0 rings (SSSR count). The topological polar surface area (TPSA) is 95.9 Å². The predicted octanol–water partition coefficient (Wildman–Crippen LogP) is 21.0. The minimum atomic E-state index is -0.846. The van der Waals surface area contributed by atoms with Gasteiger partial charge in [-0.1, -0.05) is 321 Å². The average molecular weight is 1030 g/mol. The van der Waals surface area contributed by atoms with E-state index in [-0.39, 0.29) is 18.5 Å². The van der Waals surface area contributed by atoms with Crippen molar-refractivity contribution in [3.05, 3.63) is 24.3 Å². The van der Waals surface area contributed by atoms with Crippen LogP contribution in [-0.4, -0.2) is 47.4 Å². The average Bonchev–Trinajstić information content (AvgIpc) is 3.39. The molecule has 0 aromatic rings. The van der Waals surface area contributed by atoms with E-state index in [2.05, 4.69) is 31.3 Å². The number of hydrogen-bond donors (Lipinski definition) is 3. The third-order valence-electron chi connectivity index (χ3n) is 15.5. The molecule has 1 amide bonds. The zero-order chi connectivity index (χ0) is 52.9. The Hall–Kier alpha value is -1.66. The highest BCUT2D eigenvalue weighted by atomic mass is 16.5. The van der Waals surface area contributed by atoms with Gasteiger partial charge in [0.05, 0.1) is 25.4 Å². The molecule has 0 saturated carbocycles. The Labute approximate surface area is 456 Å². The van der Waals surface area contributed by atoms with Crippen molar-refractivity contribution in [2.24, 2.45) is 0 Å². The first kappa shape index (κ1) is 71.3. The number of nitrogens with one attached hydrogen (secondary N) is 1. The number of rotatable bonds is 62. The Bertz CT molecular complexity index is 1140. The van der Waals surface area contributed by atoms with Crippen molar-refractivity contribution < 1.29 is 24.5 Å². The molecule has 6 nitrogen and oxygen atoms in total. The molecule has 0 radical (unpaired) electrons. The zero-order valence-electron chi connectivity index (χ0n) is 49.4. The molecule has 0 aliphatic carbocycles. The Morgan fingerprint density at radius 2 is 0.644 bits per heavy atom. The van der Waals surface area contributed by atoms with Crippen LogP contribution in [-0.2, 0) is 14.3 Å². The summed E-state index contributed by atoms with van der Waals surface area (Å²) < 4.78 is 5.48. The molecule has 0 spiro atoms. The highest BCUT2D eigenvalue weighted by molar-refractivity contribution is 5.76. The van der Waals surface area contributed by atoms with Crippen molar-refractivity contribution in [2.75, 3.05) is 13.2 Å². The lowest BCUT2D eigenvalue weighted by Crippen LogP contribution is -2.45. The molecule has 0 heterocycles. The number of unbranched alkanes of at least 4 members (excludes halogenated alkanes) is 49. The molecule has 2 atom stereocenters. The molecule has 3 N–H and O–H groups in total. The summed E-state index contributed by atoms with van der Waals surface area (Å²) in [6.07, 6.45) is 78.0. The Kier molecular flexibility index (Phi) is 61.4. The molecule has 0 aliphatic heterocycles. The summed E-state index contributed by atoms with van der Waals surface area (Å²) in [4.78, 5) is 24.6. The van der Waals surface area contributed by atoms with Crippen molar-refractivity contribution >= 4 is 11.9 Å². The van der Waals surface area contributed by atoms with Gasteiger partial charge < -0.3 is 20.3 Å². The van der Waals surface area contributed by atoms with Crippen LogP contribution in [0.25, 0.3) is 0 Å². The van der Waals surface area contributed by atoms with Crippen molar-refractivity contribution in [2.45, 2.75) is 379 Å². The molecular weight excluding hydrogens is 899 g/mol. The number of allylic oxidation sites excluding steroid dienone is 3. The van der Waals surface area contributed by atoms with E-state index in [0.717, 1.165) is 44.9 Å². The van der Waals surface area contributed by atoms with Gasteiger partial charge in [-0.05, 0) is 57.8 Å². The molecule has 0 aromatic carbocycles. The van der Waals surface area contributed by atoms with Gasteiger partial charge in [0.1, 0.15) is 0 Å². The normalized spacial score (nSPS) is 12.7. The lowest BCUT2D eigenvalue weighted by molar-refractivity contribution is -0.143. The fraction of sp³-hybridized carbons (Fsp3) is 0.910. The summed E-state index contributed by atoms with van der Waals surface area (Å²) in [6, 6.07) is -0.629. The molecule has 73 heavy (non-hydrogen) atoms. The van der Waals surface area contributed by atoms with Gasteiger partial charge in [-0.3, -0.25) is 9.59 Å². The van der Waals surface area contributed by atoms with Crippen LogP contribution in [0.5, 0.6) is 0 Å². The maximum absolute atomic E-state index is 12.5. The van der Waals surface area contributed by atoms with Gasteiger partial charge in [-0.2, -0.15) is 0 Å². The molecule has 432 valence electrons. The van der Waals surface area contributed by atoms with E-state index in [1.165, 1.54) is 295 Å². The largest absolute Gasteiger partial charge is 0.466 e. The molecule has 0 saturated heterocycles. The van der Waals surface area contributed by atoms with Crippen LogP contribution >= 0.6 is 0 Å². The summed E-state index contributed by atoms with van der Waals surface area (Å²) in [5, 5.41) is 23.2. The molecule has 0 fully saturated rings. The molecule has 0 bridgehead atoms. The maximum Gasteiger partial charge on any atom is 0.305 e. The molecular formula is C67H129NO5. The second-order valence-electron chi connectivity index (χ2n) is 22.8. The number of esters is 1. The number of carbonyl (C=O) groups is 2. The van der Waals surface area contributed by atoms with Crippen molar-refractivity contribution in [1.29, 1.82) is 0 Å². The Morgan fingerprint density at radius 3 is 0.973 bits per heavy atom. The highest BCUT2D eigenvalue weighted by Gasteiger charge is 2.18. The quantitative estimate of drug-likeness (QED) is 0.0320. The van der Waals surface area contributed by atoms with Crippen LogP contribution in [0.3, 0.4) is 0 Å². The highest BCUT2D eigenvalue weighted by Crippen LogP contribution is 2.18. The Morgan fingerprint density at radius 1 is 0.370 bits per heavy atom. The van der Waals surface area contributed by atoms with Crippen LogP contribution in [0.2, 0.25) is 0 Å². The number of aliphatic hydroxyl groups is 2. The first-order valence-corrected chi connectivity index (χ1v) is 33.1. The second-order valence-corrected chi connectivity index (χ2v) is 22.8. The molecule has 6 heteroatoms. The van der Waals surface area contributed by atoms with Crippen molar-refractivity contribution in [1.82, 2.24) is 5.32 Å². The summed E-state index contributed by atoms with van der Waals surface area (Å²) in [6.45, 7) is 4.92. The summed E-state index contributed by atoms with van der Waals surface area (Å²) in [7, 11) is 0. The summed E-state index contributed by atoms with van der Waals surface area (Å²) in [5.74, 6) is -0.0619. The monoisotopic (exact) mass is 1030 g/mol. The number of ether oxygens (including phenoxy) is 1. The Balaban J connectivity index is 3.42. The van der Waals surface area contributed by atoms with Crippen LogP contribution in [0, 0.1) is 0 Å². The molecule has 2 unspecified atom stereocenters. The maximum atomic E-state index is 12.5. The smallest absolute Gasteiger partial charge is 0.305 e. The van der Waals surface area contributed by atoms with Crippen LogP contribution in [0.15, 0.2) is 24.3 Å². The summed E-state index contributed by atoms with van der Waals surface area (Å²) in [5.41, 5.74) is 0. The van der Waals surface area contributed by atoms with Crippen molar-refractivity contribution in [3.8, 4) is 0 Å². The van der Waals surface area contributed by atoms with Gasteiger partial charge in [0.15, 0.2) is 0 Å². The number of amides is 1. The first-order chi connectivity index (χ1) is 36.0. The second kappa shape index (κ2) is 62.9. The number of aliphatic hydroxyl groups excluding tert-OH is 2. The third-order valence-corrected chi connectivity index (χ3v) is 15.5.